The van der Waals surface area contributed by atoms with E-state index in [1.165, 1.54) is 0 Å². The molecule has 6 nitrogen and oxygen atoms in total. The summed E-state index contributed by atoms with van der Waals surface area (Å²) in [6.45, 7) is 3.47. The van der Waals surface area contributed by atoms with Crippen molar-refractivity contribution in [3.63, 3.8) is 0 Å². The third-order valence-electron chi connectivity index (χ3n) is 4.03. The molecule has 1 saturated carbocycles. The number of nitrogens with zero attached hydrogens (tertiary/aromatic N) is 1. The lowest BCUT2D eigenvalue weighted by atomic mass is 10.0. The molecule has 1 aliphatic heterocycles. The predicted molar refractivity (Wildman–Crippen MR) is 75.1 cm³/mol. The van der Waals surface area contributed by atoms with Crippen LogP contribution < -0.4 is 11.1 Å². The number of nitrogens with two attached hydrogens (primary N) is 1. The third kappa shape index (κ3) is 4.37. The molecule has 1 aliphatic carbocycles. The average Bonchev–Trinajstić information content (AvgIpc) is 3.24. The van der Waals surface area contributed by atoms with E-state index in [0.717, 1.165) is 25.7 Å². The van der Waals surface area contributed by atoms with Gasteiger partial charge in [0.15, 0.2) is 0 Å². The number of likely N-dealkylation sites (tertiary alicyclic amines) is 1. The molecular weight excluding hydrogens is 258 g/mol. The Labute approximate surface area is 120 Å². The fraction of sp³-hybridized carbons (Fsp3) is 0.857. The summed E-state index contributed by atoms with van der Waals surface area (Å²) < 4.78 is 4.97. The fourth-order valence-corrected chi connectivity index (χ4v) is 2.61. The van der Waals surface area contributed by atoms with E-state index in [2.05, 4.69) is 5.32 Å². The molecule has 3 N–H and O–H groups in total. The Kier molecular flexibility index (Phi) is 5.23. The van der Waals surface area contributed by atoms with Crippen LogP contribution in [0.3, 0.4) is 0 Å². The van der Waals surface area contributed by atoms with Crippen molar-refractivity contribution in [3.8, 4) is 0 Å². The number of hydrogen-bond acceptors (Lipinski definition) is 4. The number of ether oxygens (including phenoxy) is 1. The first-order chi connectivity index (χ1) is 9.60. The van der Waals surface area contributed by atoms with Crippen molar-refractivity contribution in [2.45, 2.75) is 51.1 Å². The zero-order valence-electron chi connectivity index (χ0n) is 12.1. The molecule has 1 heterocycles. The van der Waals surface area contributed by atoms with Crippen molar-refractivity contribution in [2.75, 3.05) is 19.7 Å². The van der Waals surface area contributed by atoms with Gasteiger partial charge in [-0.1, -0.05) is 0 Å². The molecule has 20 heavy (non-hydrogen) atoms. The minimum atomic E-state index is -0.256. The van der Waals surface area contributed by atoms with Gasteiger partial charge in [-0.3, -0.25) is 4.79 Å². The highest BCUT2D eigenvalue weighted by atomic mass is 16.6. The van der Waals surface area contributed by atoms with E-state index in [-0.39, 0.29) is 24.1 Å². The van der Waals surface area contributed by atoms with E-state index in [1.807, 2.05) is 0 Å². The van der Waals surface area contributed by atoms with Crippen LogP contribution in [0.4, 0.5) is 4.79 Å². The minimum Gasteiger partial charge on any atom is -0.450 e. The molecule has 1 atom stereocenters. The maximum Gasteiger partial charge on any atom is 0.409 e. The van der Waals surface area contributed by atoms with E-state index < -0.39 is 0 Å². The Morgan fingerprint density at radius 3 is 2.50 bits per heavy atom. The molecule has 2 aliphatic rings. The van der Waals surface area contributed by atoms with E-state index in [9.17, 15) is 9.59 Å². The van der Waals surface area contributed by atoms with Crippen LogP contribution in [0.15, 0.2) is 0 Å². The number of rotatable bonds is 5. The maximum atomic E-state index is 11.9. The highest BCUT2D eigenvalue weighted by Gasteiger charge is 2.31. The highest BCUT2D eigenvalue weighted by Crippen LogP contribution is 2.32. The summed E-state index contributed by atoms with van der Waals surface area (Å²) in [7, 11) is 0. The van der Waals surface area contributed by atoms with Crippen molar-refractivity contribution in [3.05, 3.63) is 0 Å². The molecular formula is C14H25N3O3. The fourth-order valence-electron chi connectivity index (χ4n) is 2.61. The van der Waals surface area contributed by atoms with Gasteiger partial charge in [-0.25, -0.2) is 4.79 Å². The maximum absolute atomic E-state index is 11.9. The lowest BCUT2D eigenvalue weighted by molar-refractivity contribution is -0.122. The summed E-state index contributed by atoms with van der Waals surface area (Å²) in [4.78, 5) is 25.1. The number of amides is 2. The molecule has 0 aromatic heterocycles. The van der Waals surface area contributed by atoms with Gasteiger partial charge in [0.05, 0.1) is 6.61 Å². The number of carbonyl (C=O) groups is 2. The van der Waals surface area contributed by atoms with Gasteiger partial charge in [-0.2, -0.15) is 0 Å². The zero-order valence-corrected chi connectivity index (χ0v) is 12.1. The summed E-state index contributed by atoms with van der Waals surface area (Å²) >= 11 is 0. The number of carbonyl (C=O) groups excluding carboxylic acids is 2. The molecule has 2 amide bonds. The number of piperidine rings is 1. The topological polar surface area (TPSA) is 84.7 Å². The van der Waals surface area contributed by atoms with Crippen LogP contribution in [-0.4, -0.2) is 48.7 Å². The van der Waals surface area contributed by atoms with Gasteiger partial charge < -0.3 is 20.7 Å². The molecule has 1 saturated heterocycles. The quantitative estimate of drug-likeness (QED) is 0.783. The largest absolute Gasteiger partial charge is 0.450 e. The van der Waals surface area contributed by atoms with Crippen molar-refractivity contribution < 1.29 is 14.3 Å². The first kappa shape index (κ1) is 15.1. The minimum absolute atomic E-state index is 0.00891. The molecule has 0 radical (unpaired) electrons. The van der Waals surface area contributed by atoms with E-state index in [4.69, 9.17) is 10.5 Å². The van der Waals surface area contributed by atoms with Crippen molar-refractivity contribution >= 4 is 12.0 Å². The zero-order chi connectivity index (χ0) is 14.5. The second-order valence-corrected chi connectivity index (χ2v) is 5.73. The van der Waals surface area contributed by atoms with E-state index in [1.54, 1.807) is 11.8 Å². The van der Waals surface area contributed by atoms with Crippen LogP contribution in [0, 0.1) is 5.92 Å². The van der Waals surface area contributed by atoms with Gasteiger partial charge in [-0.05, 0) is 38.5 Å². The van der Waals surface area contributed by atoms with Crippen LogP contribution in [0.2, 0.25) is 0 Å². The van der Waals surface area contributed by atoms with Crippen LogP contribution in [0.5, 0.6) is 0 Å². The van der Waals surface area contributed by atoms with E-state index in [0.29, 0.717) is 32.0 Å². The summed E-state index contributed by atoms with van der Waals surface area (Å²) in [5, 5.41) is 3.03. The lowest BCUT2D eigenvalue weighted by Crippen LogP contribution is -2.47. The van der Waals surface area contributed by atoms with Gasteiger partial charge in [0.25, 0.3) is 0 Å². The highest BCUT2D eigenvalue weighted by molar-refractivity contribution is 5.77. The Balaban J connectivity index is 1.65. The summed E-state index contributed by atoms with van der Waals surface area (Å²) in [6.07, 6.45) is 4.04. The molecule has 0 aromatic carbocycles. The van der Waals surface area contributed by atoms with Crippen LogP contribution in [0.1, 0.15) is 39.0 Å². The average molecular weight is 283 g/mol. The van der Waals surface area contributed by atoms with Gasteiger partial charge in [0.2, 0.25) is 5.91 Å². The van der Waals surface area contributed by atoms with Crippen LogP contribution in [-0.2, 0) is 9.53 Å². The van der Waals surface area contributed by atoms with Crippen molar-refractivity contribution in [2.24, 2.45) is 11.7 Å². The number of nitrogens with one attached hydrogen (secondary N) is 1. The second-order valence-electron chi connectivity index (χ2n) is 5.73. The molecule has 2 fully saturated rings. The molecule has 0 spiro atoms. The Hall–Kier alpha value is -1.30. The monoisotopic (exact) mass is 283 g/mol. The summed E-state index contributed by atoms with van der Waals surface area (Å²) in [6, 6.07) is 0.161. The standard InChI is InChI=1S/C14H25N3O3/c1-2-20-14(19)17-7-5-11(6-8-17)16-13(18)9-12(15)10-3-4-10/h10-12H,2-9,15H2,1H3,(H,16,18). The second kappa shape index (κ2) is 6.92. The first-order valence-corrected chi connectivity index (χ1v) is 7.56. The van der Waals surface area contributed by atoms with Crippen molar-refractivity contribution in [1.29, 1.82) is 0 Å². The Morgan fingerprint density at radius 1 is 1.30 bits per heavy atom. The van der Waals surface area contributed by atoms with Gasteiger partial charge in [-0.15, -0.1) is 0 Å². The van der Waals surface area contributed by atoms with E-state index >= 15 is 0 Å². The Morgan fingerprint density at radius 2 is 1.95 bits per heavy atom. The first-order valence-electron chi connectivity index (χ1n) is 7.56. The van der Waals surface area contributed by atoms with Gasteiger partial charge in [0.1, 0.15) is 0 Å². The number of hydrogen-bond donors (Lipinski definition) is 2. The smallest absolute Gasteiger partial charge is 0.409 e. The van der Waals surface area contributed by atoms with Crippen LogP contribution in [0.25, 0.3) is 0 Å². The SMILES string of the molecule is CCOC(=O)N1CCC(NC(=O)CC(N)C2CC2)CC1. The molecule has 114 valence electrons. The van der Waals surface area contributed by atoms with Gasteiger partial charge >= 0.3 is 6.09 Å². The van der Waals surface area contributed by atoms with Crippen LogP contribution >= 0.6 is 0 Å². The predicted octanol–water partition coefficient (Wildman–Crippen LogP) is 0.851. The molecule has 1 unspecified atom stereocenters. The molecule has 0 bridgehead atoms. The van der Waals surface area contributed by atoms with Gasteiger partial charge in [0, 0.05) is 31.6 Å². The Bertz CT molecular complexity index is 350. The molecule has 6 heteroatoms. The van der Waals surface area contributed by atoms with Crippen molar-refractivity contribution in [1.82, 2.24) is 10.2 Å². The molecule has 2 rings (SSSR count). The third-order valence-corrected chi connectivity index (χ3v) is 4.03. The lowest BCUT2D eigenvalue weighted by Gasteiger charge is -2.31. The molecule has 0 aromatic rings. The summed E-state index contributed by atoms with van der Waals surface area (Å²) in [5.74, 6) is 0.588. The summed E-state index contributed by atoms with van der Waals surface area (Å²) in [5.41, 5.74) is 5.95. The normalized spacial score (nSPS) is 21.4.